The zero-order valence-electron chi connectivity index (χ0n) is 12.4. The van der Waals surface area contributed by atoms with Crippen molar-refractivity contribution >= 4 is 29.0 Å². The fourth-order valence-electron chi connectivity index (χ4n) is 3.71. The lowest BCUT2D eigenvalue weighted by molar-refractivity contribution is 0.433. The van der Waals surface area contributed by atoms with Crippen molar-refractivity contribution < 1.29 is 0 Å². The van der Waals surface area contributed by atoms with Crippen molar-refractivity contribution in [1.29, 1.82) is 0 Å². The van der Waals surface area contributed by atoms with Crippen LogP contribution < -0.4 is 5.32 Å². The van der Waals surface area contributed by atoms with Crippen LogP contribution in [0, 0.1) is 0 Å². The van der Waals surface area contributed by atoms with Crippen LogP contribution in [0.5, 0.6) is 0 Å². The van der Waals surface area contributed by atoms with Gasteiger partial charge in [-0.2, -0.15) is 5.10 Å². The molecule has 2 heterocycles. The molecule has 116 valence electrons. The number of benzene rings is 1. The van der Waals surface area contributed by atoms with Crippen LogP contribution in [0.15, 0.2) is 18.2 Å². The van der Waals surface area contributed by atoms with Crippen molar-refractivity contribution in [1.82, 2.24) is 9.78 Å². The third-order valence-electron chi connectivity index (χ3n) is 4.82. The smallest absolute Gasteiger partial charge is 0.133 e. The zero-order chi connectivity index (χ0) is 15.1. The van der Waals surface area contributed by atoms with Gasteiger partial charge in [0.2, 0.25) is 0 Å². The van der Waals surface area contributed by atoms with Gasteiger partial charge in [-0.15, -0.1) is 0 Å². The Morgan fingerprint density at radius 1 is 1.09 bits per heavy atom. The third kappa shape index (κ3) is 2.40. The molecule has 1 aromatic carbocycles. The summed E-state index contributed by atoms with van der Waals surface area (Å²) in [6.07, 6.45) is 7.63. The molecular formula is C17H19Cl2N3. The Bertz CT molecular complexity index is 702. The first-order valence-corrected chi connectivity index (χ1v) is 8.81. The van der Waals surface area contributed by atoms with E-state index in [2.05, 4.69) is 5.32 Å². The average Bonchev–Trinajstić information content (AvgIpc) is 3.13. The van der Waals surface area contributed by atoms with Crippen molar-refractivity contribution in [3.63, 3.8) is 0 Å². The Kier molecular flexibility index (Phi) is 3.79. The second-order valence-electron chi connectivity index (χ2n) is 6.23. The minimum absolute atomic E-state index is 0.570. The predicted molar refractivity (Wildman–Crippen MR) is 91.6 cm³/mol. The molecule has 5 heteroatoms. The van der Waals surface area contributed by atoms with E-state index in [9.17, 15) is 0 Å². The Morgan fingerprint density at radius 3 is 2.68 bits per heavy atom. The standard InChI is InChI=1S/C17H19Cl2N3/c18-14-7-6-12(10-15(14)19)22-17-13(8-9-20-17)16(21-22)11-4-2-1-3-5-11/h6-7,10-11,20H,1-5,8-9H2. The Morgan fingerprint density at radius 2 is 1.91 bits per heavy atom. The van der Waals surface area contributed by atoms with Crippen LogP contribution in [-0.4, -0.2) is 16.3 Å². The van der Waals surface area contributed by atoms with Crippen LogP contribution in [0.4, 0.5) is 5.82 Å². The third-order valence-corrected chi connectivity index (χ3v) is 5.56. The first-order chi connectivity index (χ1) is 10.7. The van der Waals surface area contributed by atoms with Gasteiger partial charge in [0.1, 0.15) is 5.82 Å². The van der Waals surface area contributed by atoms with Crippen LogP contribution in [0.3, 0.4) is 0 Å². The van der Waals surface area contributed by atoms with Crippen molar-refractivity contribution in [2.45, 2.75) is 44.4 Å². The molecular weight excluding hydrogens is 317 g/mol. The fraction of sp³-hybridized carbons (Fsp3) is 0.471. The summed E-state index contributed by atoms with van der Waals surface area (Å²) in [7, 11) is 0. The number of halogens is 2. The maximum absolute atomic E-state index is 6.18. The number of anilines is 1. The highest BCUT2D eigenvalue weighted by molar-refractivity contribution is 6.42. The summed E-state index contributed by atoms with van der Waals surface area (Å²) >= 11 is 12.2. The Balaban J connectivity index is 1.78. The number of nitrogens with zero attached hydrogens (tertiary/aromatic N) is 2. The molecule has 0 atom stereocenters. The lowest BCUT2D eigenvalue weighted by Crippen LogP contribution is -2.09. The molecule has 1 saturated carbocycles. The van der Waals surface area contributed by atoms with E-state index in [1.165, 1.54) is 43.4 Å². The number of rotatable bonds is 2. The minimum Gasteiger partial charge on any atom is -0.369 e. The minimum atomic E-state index is 0.570. The zero-order valence-corrected chi connectivity index (χ0v) is 13.9. The van der Waals surface area contributed by atoms with Gasteiger partial charge in [-0.25, -0.2) is 4.68 Å². The number of hydrogen-bond donors (Lipinski definition) is 1. The highest BCUT2D eigenvalue weighted by Crippen LogP contribution is 2.39. The van der Waals surface area contributed by atoms with Gasteiger partial charge in [-0.3, -0.25) is 0 Å². The van der Waals surface area contributed by atoms with E-state index in [-0.39, 0.29) is 0 Å². The summed E-state index contributed by atoms with van der Waals surface area (Å²) in [5.74, 6) is 1.75. The molecule has 0 spiro atoms. The Hall–Kier alpha value is -1.19. The summed E-state index contributed by atoms with van der Waals surface area (Å²) in [4.78, 5) is 0. The summed E-state index contributed by atoms with van der Waals surface area (Å²) < 4.78 is 2.01. The van der Waals surface area contributed by atoms with Crippen LogP contribution in [0.1, 0.15) is 49.3 Å². The van der Waals surface area contributed by atoms with E-state index in [0.29, 0.717) is 16.0 Å². The van der Waals surface area contributed by atoms with Crippen LogP contribution in [0.25, 0.3) is 5.69 Å². The largest absolute Gasteiger partial charge is 0.369 e. The second-order valence-corrected chi connectivity index (χ2v) is 7.05. The normalized spacial score (nSPS) is 18.3. The van der Waals surface area contributed by atoms with Crippen molar-refractivity contribution in [3.05, 3.63) is 39.5 Å². The average molecular weight is 336 g/mol. The van der Waals surface area contributed by atoms with Gasteiger partial charge in [0.25, 0.3) is 0 Å². The number of nitrogens with one attached hydrogen (secondary N) is 1. The first kappa shape index (κ1) is 14.4. The van der Waals surface area contributed by atoms with E-state index in [0.717, 1.165) is 24.5 Å². The predicted octanol–water partition coefficient (Wildman–Crippen LogP) is 5.19. The maximum atomic E-state index is 6.18. The van der Waals surface area contributed by atoms with Crippen molar-refractivity contribution in [3.8, 4) is 5.69 Å². The summed E-state index contributed by atoms with van der Waals surface area (Å²) in [5.41, 5.74) is 3.67. The highest BCUT2D eigenvalue weighted by Gasteiger charge is 2.28. The van der Waals surface area contributed by atoms with Gasteiger partial charge in [-0.1, -0.05) is 42.5 Å². The Labute approximate surface area is 140 Å². The summed E-state index contributed by atoms with van der Waals surface area (Å²) in [6, 6.07) is 5.70. The monoisotopic (exact) mass is 335 g/mol. The molecule has 0 bridgehead atoms. The second kappa shape index (κ2) is 5.78. The molecule has 3 nitrogen and oxygen atoms in total. The SMILES string of the molecule is Clc1ccc(-n2nc(C3CCCCC3)c3c2NCC3)cc1Cl. The molecule has 1 fully saturated rings. The molecule has 2 aliphatic rings. The van der Waals surface area contributed by atoms with Crippen LogP contribution >= 0.6 is 23.2 Å². The van der Waals surface area contributed by atoms with Crippen molar-refractivity contribution in [2.75, 3.05) is 11.9 Å². The molecule has 4 rings (SSSR count). The molecule has 1 N–H and O–H groups in total. The first-order valence-electron chi connectivity index (χ1n) is 8.05. The highest BCUT2D eigenvalue weighted by atomic mass is 35.5. The molecule has 1 aliphatic carbocycles. The maximum Gasteiger partial charge on any atom is 0.133 e. The lowest BCUT2D eigenvalue weighted by atomic mass is 9.85. The molecule has 0 radical (unpaired) electrons. The molecule has 1 aromatic heterocycles. The molecule has 0 unspecified atom stereocenters. The van der Waals surface area contributed by atoms with E-state index in [1.807, 2.05) is 22.9 Å². The topological polar surface area (TPSA) is 29.9 Å². The van der Waals surface area contributed by atoms with Crippen molar-refractivity contribution in [2.24, 2.45) is 0 Å². The van der Waals surface area contributed by atoms with E-state index < -0.39 is 0 Å². The lowest BCUT2D eigenvalue weighted by Gasteiger charge is -2.20. The molecule has 0 saturated heterocycles. The number of fused-ring (bicyclic) bond motifs is 1. The quantitative estimate of drug-likeness (QED) is 0.817. The molecule has 22 heavy (non-hydrogen) atoms. The van der Waals surface area contributed by atoms with Gasteiger partial charge >= 0.3 is 0 Å². The van der Waals surface area contributed by atoms with E-state index >= 15 is 0 Å². The molecule has 2 aromatic rings. The van der Waals surface area contributed by atoms with Gasteiger partial charge in [0.15, 0.2) is 0 Å². The van der Waals surface area contributed by atoms with E-state index in [4.69, 9.17) is 28.3 Å². The van der Waals surface area contributed by atoms with Gasteiger partial charge in [-0.05, 0) is 37.5 Å². The number of aromatic nitrogens is 2. The van der Waals surface area contributed by atoms with Gasteiger partial charge < -0.3 is 5.32 Å². The molecule has 1 aliphatic heterocycles. The number of hydrogen-bond acceptors (Lipinski definition) is 2. The summed E-state index contributed by atoms with van der Waals surface area (Å²) in [5, 5.41) is 9.58. The van der Waals surface area contributed by atoms with Gasteiger partial charge in [0.05, 0.1) is 21.4 Å². The summed E-state index contributed by atoms with van der Waals surface area (Å²) in [6.45, 7) is 0.994. The van der Waals surface area contributed by atoms with Crippen LogP contribution in [0.2, 0.25) is 10.0 Å². The van der Waals surface area contributed by atoms with E-state index in [1.54, 1.807) is 0 Å². The van der Waals surface area contributed by atoms with Crippen LogP contribution in [-0.2, 0) is 6.42 Å². The fourth-order valence-corrected chi connectivity index (χ4v) is 4.00. The van der Waals surface area contributed by atoms with Gasteiger partial charge in [0, 0.05) is 18.0 Å². The molecule has 0 amide bonds.